The number of hydrogen-bond acceptors (Lipinski definition) is 4. The van der Waals surface area contributed by atoms with Gasteiger partial charge in [-0.05, 0) is 18.1 Å². The number of nitrogens with zero attached hydrogens (tertiary/aromatic N) is 2. The van der Waals surface area contributed by atoms with E-state index in [-0.39, 0.29) is 30.7 Å². The Morgan fingerprint density at radius 3 is 2.52 bits per heavy atom. The van der Waals surface area contributed by atoms with Gasteiger partial charge in [-0.25, -0.2) is 0 Å². The second-order valence-corrected chi connectivity index (χ2v) is 5.91. The summed E-state index contributed by atoms with van der Waals surface area (Å²) in [6, 6.07) is 12.2. The Kier molecular flexibility index (Phi) is 9.00. The molecule has 2 N–H and O–H groups in total. The maximum Gasteiger partial charge on any atom is 0.257 e. The third-order valence-corrected chi connectivity index (χ3v) is 4.23. The second-order valence-electron chi connectivity index (χ2n) is 5.91. The van der Waals surface area contributed by atoms with Gasteiger partial charge in [-0.15, -0.1) is 24.8 Å². The lowest BCUT2D eigenvalue weighted by atomic mass is 10.2. The van der Waals surface area contributed by atoms with Crippen LogP contribution in [0, 0.1) is 0 Å². The number of amides is 1. The third kappa shape index (κ3) is 5.75. The van der Waals surface area contributed by atoms with Crippen molar-refractivity contribution in [2.45, 2.75) is 19.5 Å². The first-order valence-electron chi connectivity index (χ1n) is 8.09. The van der Waals surface area contributed by atoms with Crippen molar-refractivity contribution in [1.82, 2.24) is 9.80 Å². The molecule has 0 radical (unpaired) electrons. The van der Waals surface area contributed by atoms with Gasteiger partial charge in [-0.3, -0.25) is 9.69 Å². The highest BCUT2D eigenvalue weighted by Gasteiger charge is 2.21. The summed E-state index contributed by atoms with van der Waals surface area (Å²) in [5.74, 6) is 0.684. The van der Waals surface area contributed by atoms with Crippen molar-refractivity contribution in [2.24, 2.45) is 5.73 Å². The van der Waals surface area contributed by atoms with Crippen LogP contribution in [0.3, 0.4) is 0 Å². The lowest BCUT2D eigenvalue weighted by Gasteiger charge is -2.21. The molecule has 1 saturated heterocycles. The van der Waals surface area contributed by atoms with Gasteiger partial charge >= 0.3 is 0 Å². The van der Waals surface area contributed by atoms with E-state index in [1.165, 1.54) is 11.8 Å². The van der Waals surface area contributed by atoms with Gasteiger partial charge < -0.3 is 15.1 Å². The van der Waals surface area contributed by atoms with E-state index in [4.69, 9.17) is 10.2 Å². The van der Waals surface area contributed by atoms with Crippen molar-refractivity contribution in [2.75, 3.05) is 26.2 Å². The predicted molar refractivity (Wildman–Crippen MR) is 103 cm³/mol. The largest absolute Gasteiger partial charge is 0.467 e. The zero-order valence-electron chi connectivity index (χ0n) is 14.1. The SMILES string of the molecule is Cl.Cl.NCc1cc(C(=O)N2CCCN(Cc3ccccc3)CC2)co1. The van der Waals surface area contributed by atoms with Gasteiger partial charge in [0.05, 0.1) is 12.1 Å². The molecule has 0 unspecified atom stereocenters. The number of hydrogen-bond donors (Lipinski definition) is 1. The summed E-state index contributed by atoms with van der Waals surface area (Å²) in [4.78, 5) is 16.9. The Morgan fingerprint density at radius 1 is 1.08 bits per heavy atom. The first kappa shape index (κ1) is 21.5. The molecule has 1 amide bonds. The third-order valence-electron chi connectivity index (χ3n) is 4.23. The predicted octanol–water partition coefficient (Wildman–Crippen LogP) is 2.93. The van der Waals surface area contributed by atoms with E-state index >= 15 is 0 Å². The monoisotopic (exact) mass is 385 g/mol. The van der Waals surface area contributed by atoms with Crippen molar-refractivity contribution in [3.63, 3.8) is 0 Å². The van der Waals surface area contributed by atoms with Crippen LogP contribution in [-0.2, 0) is 13.1 Å². The van der Waals surface area contributed by atoms with Crippen LogP contribution in [0.2, 0.25) is 0 Å². The summed E-state index contributed by atoms with van der Waals surface area (Å²) in [6.07, 6.45) is 2.50. The van der Waals surface area contributed by atoms with Crippen molar-refractivity contribution in [1.29, 1.82) is 0 Å². The summed E-state index contributed by atoms with van der Waals surface area (Å²) in [7, 11) is 0. The molecule has 0 bridgehead atoms. The molecule has 7 heteroatoms. The van der Waals surface area contributed by atoms with Gasteiger partial charge in [0.2, 0.25) is 0 Å². The molecule has 0 saturated carbocycles. The van der Waals surface area contributed by atoms with E-state index < -0.39 is 0 Å². The molecule has 25 heavy (non-hydrogen) atoms. The number of furan rings is 1. The van der Waals surface area contributed by atoms with Crippen molar-refractivity contribution >= 4 is 30.7 Å². The summed E-state index contributed by atoms with van der Waals surface area (Å²) in [5, 5.41) is 0. The van der Waals surface area contributed by atoms with E-state index in [1.54, 1.807) is 6.07 Å². The number of benzene rings is 1. The second kappa shape index (κ2) is 10.5. The van der Waals surface area contributed by atoms with E-state index in [2.05, 4.69) is 29.2 Å². The van der Waals surface area contributed by atoms with Crippen LogP contribution in [0.1, 0.15) is 28.1 Å². The van der Waals surface area contributed by atoms with E-state index in [0.29, 0.717) is 17.9 Å². The summed E-state index contributed by atoms with van der Waals surface area (Å²) >= 11 is 0. The topological polar surface area (TPSA) is 62.7 Å². The highest BCUT2D eigenvalue weighted by molar-refractivity contribution is 5.94. The molecular weight excluding hydrogens is 361 g/mol. The first-order valence-corrected chi connectivity index (χ1v) is 8.09. The normalized spacial score (nSPS) is 15.0. The molecule has 3 rings (SSSR count). The van der Waals surface area contributed by atoms with Crippen LogP contribution in [0.4, 0.5) is 0 Å². The Balaban J connectivity index is 0.00000156. The standard InChI is InChI=1S/C18H23N3O2.2ClH/c19-12-17-11-16(14-23-17)18(22)21-8-4-7-20(9-10-21)13-15-5-2-1-3-6-15;;/h1-3,5-6,11,14H,4,7-10,12-13,19H2;2*1H. The van der Waals surface area contributed by atoms with Crippen LogP contribution in [0.15, 0.2) is 47.1 Å². The van der Waals surface area contributed by atoms with Crippen LogP contribution in [0.25, 0.3) is 0 Å². The quantitative estimate of drug-likeness (QED) is 0.878. The Morgan fingerprint density at radius 2 is 1.84 bits per heavy atom. The minimum absolute atomic E-state index is 0. The fourth-order valence-electron chi connectivity index (χ4n) is 2.96. The van der Waals surface area contributed by atoms with Gasteiger partial charge in [0.1, 0.15) is 12.0 Å². The van der Waals surface area contributed by atoms with Crippen LogP contribution < -0.4 is 5.73 Å². The zero-order valence-corrected chi connectivity index (χ0v) is 15.7. The summed E-state index contributed by atoms with van der Waals surface area (Å²) < 4.78 is 5.27. The molecule has 0 atom stereocenters. The molecule has 1 fully saturated rings. The fourth-order valence-corrected chi connectivity index (χ4v) is 2.96. The van der Waals surface area contributed by atoms with E-state index in [0.717, 1.165) is 39.1 Å². The Labute approximate surface area is 161 Å². The molecule has 1 aromatic carbocycles. The van der Waals surface area contributed by atoms with Crippen molar-refractivity contribution < 1.29 is 9.21 Å². The average molecular weight is 386 g/mol. The van der Waals surface area contributed by atoms with Gasteiger partial charge in [0.25, 0.3) is 5.91 Å². The highest BCUT2D eigenvalue weighted by Crippen LogP contribution is 2.14. The Hall–Kier alpha value is -1.53. The van der Waals surface area contributed by atoms with Gasteiger partial charge in [-0.1, -0.05) is 30.3 Å². The molecule has 138 valence electrons. The Bertz CT molecular complexity index is 649. The molecule has 2 heterocycles. The molecule has 1 aromatic heterocycles. The van der Waals surface area contributed by atoms with Crippen molar-refractivity contribution in [3.05, 3.63) is 59.5 Å². The summed E-state index contributed by atoms with van der Waals surface area (Å²) in [6.45, 7) is 4.69. The lowest BCUT2D eigenvalue weighted by molar-refractivity contribution is 0.0760. The van der Waals surface area contributed by atoms with E-state index in [9.17, 15) is 4.79 Å². The molecule has 0 aliphatic carbocycles. The smallest absolute Gasteiger partial charge is 0.257 e. The number of carbonyl (C=O) groups is 1. The fraction of sp³-hybridized carbons (Fsp3) is 0.389. The molecule has 2 aromatic rings. The zero-order chi connectivity index (χ0) is 16.1. The maximum atomic E-state index is 12.6. The minimum atomic E-state index is 0. The number of rotatable bonds is 4. The van der Waals surface area contributed by atoms with Crippen molar-refractivity contribution in [3.8, 4) is 0 Å². The minimum Gasteiger partial charge on any atom is -0.467 e. The maximum absolute atomic E-state index is 12.6. The lowest BCUT2D eigenvalue weighted by Crippen LogP contribution is -2.34. The number of carbonyl (C=O) groups excluding carboxylic acids is 1. The number of halogens is 2. The molecule has 0 spiro atoms. The van der Waals surface area contributed by atoms with Crippen LogP contribution in [0.5, 0.6) is 0 Å². The number of nitrogens with two attached hydrogens (primary N) is 1. The summed E-state index contributed by atoms with van der Waals surface area (Å²) in [5.41, 5.74) is 7.45. The average Bonchev–Trinajstić information content (AvgIpc) is 2.95. The first-order chi connectivity index (χ1) is 11.3. The van der Waals surface area contributed by atoms with Gasteiger partial charge in [-0.2, -0.15) is 0 Å². The van der Waals surface area contributed by atoms with Gasteiger partial charge in [0, 0.05) is 32.7 Å². The molecule has 1 aliphatic heterocycles. The van der Waals surface area contributed by atoms with Gasteiger partial charge in [0.15, 0.2) is 0 Å². The molecule has 1 aliphatic rings. The molecule has 5 nitrogen and oxygen atoms in total. The van der Waals surface area contributed by atoms with E-state index in [1.807, 2.05) is 11.0 Å². The molecular formula is C18H25Cl2N3O2. The van der Waals surface area contributed by atoms with Crippen LogP contribution in [-0.4, -0.2) is 41.9 Å². The van der Waals surface area contributed by atoms with Crippen LogP contribution >= 0.6 is 24.8 Å². The highest BCUT2D eigenvalue weighted by atomic mass is 35.5.